The summed E-state index contributed by atoms with van der Waals surface area (Å²) < 4.78 is 16.6. The minimum Gasteiger partial charge on any atom is -0.331 e. The number of nitrogens with zero attached hydrogens (tertiary/aromatic N) is 3. The third kappa shape index (κ3) is 3.98. The molecule has 5 heteroatoms. The first-order chi connectivity index (χ1) is 13.4. The van der Waals surface area contributed by atoms with E-state index in [1.54, 1.807) is 30.0 Å². The van der Waals surface area contributed by atoms with Crippen molar-refractivity contribution in [1.82, 2.24) is 14.5 Å². The molecule has 1 heterocycles. The highest BCUT2D eigenvalue weighted by Gasteiger charge is 2.23. The monoisotopic (exact) mass is 379 g/mol. The summed E-state index contributed by atoms with van der Waals surface area (Å²) in [6, 6.07) is 12.8. The Balaban J connectivity index is 2.01. The van der Waals surface area contributed by atoms with Crippen LogP contribution in [-0.2, 0) is 13.1 Å². The van der Waals surface area contributed by atoms with E-state index in [1.165, 1.54) is 0 Å². The SMILES string of the molecule is C=CCn1c(CN(CC(C)C)C(=O)c2cccc(C)c2F)nc2ccccc21. The smallest absolute Gasteiger partial charge is 0.257 e. The van der Waals surface area contributed by atoms with Gasteiger partial charge in [-0.2, -0.15) is 0 Å². The highest BCUT2D eigenvalue weighted by molar-refractivity contribution is 5.94. The van der Waals surface area contributed by atoms with Crippen molar-refractivity contribution >= 4 is 16.9 Å². The van der Waals surface area contributed by atoms with E-state index in [2.05, 4.69) is 11.1 Å². The van der Waals surface area contributed by atoms with Gasteiger partial charge in [-0.1, -0.05) is 44.2 Å². The topological polar surface area (TPSA) is 38.1 Å². The molecule has 0 aliphatic rings. The van der Waals surface area contributed by atoms with Crippen LogP contribution in [0.15, 0.2) is 55.1 Å². The van der Waals surface area contributed by atoms with Crippen LogP contribution in [0, 0.1) is 18.7 Å². The van der Waals surface area contributed by atoms with E-state index in [0.717, 1.165) is 16.9 Å². The number of allylic oxidation sites excluding steroid dienone is 1. The summed E-state index contributed by atoms with van der Waals surface area (Å²) in [5.41, 5.74) is 2.44. The third-order valence-electron chi connectivity index (χ3n) is 4.67. The number of hydrogen-bond donors (Lipinski definition) is 0. The molecule has 0 aliphatic heterocycles. The average Bonchev–Trinajstić information content (AvgIpc) is 3.00. The molecular formula is C23H26FN3O. The fourth-order valence-corrected chi connectivity index (χ4v) is 3.39. The van der Waals surface area contributed by atoms with Gasteiger partial charge in [-0.15, -0.1) is 6.58 Å². The minimum atomic E-state index is -0.458. The van der Waals surface area contributed by atoms with E-state index in [1.807, 2.05) is 44.2 Å². The number of fused-ring (bicyclic) bond motifs is 1. The van der Waals surface area contributed by atoms with E-state index >= 15 is 0 Å². The van der Waals surface area contributed by atoms with Gasteiger partial charge in [0.2, 0.25) is 0 Å². The summed E-state index contributed by atoms with van der Waals surface area (Å²) in [6.07, 6.45) is 1.81. The third-order valence-corrected chi connectivity index (χ3v) is 4.67. The standard InChI is InChI=1S/C23H26FN3O/c1-5-13-27-20-12-7-6-11-19(20)25-21(27)15-26(14-16(2)3)23(28)18-10-8-9-17(4)22(18)24/h5-12,16H,1,13-15H2,2-4H3. The molecule has 0 aliphatic carbocycles. The molecule has 1 amide bonds. The summed E-state index contributed by atoms with van der Waals surface area (Å²) in [4.78, 5) is 19.6. The number of aromatic nitrogens is 2. The highest BCUT2D eigenvalue weighted by atomic mass is 19.1. The lowest BCUT2D eigenvalue weighted by Gasteiger charge is -2.25. The average molecular weight is 379 g/mol. The fraction of sp³-hybridized carbons (Fsp3) is 0.304. The molecule has 28 heavy (non-hydrogen) atoms. The Labute approximate surface area is 165 Å². The quantitative estimate of drug-likeness (QED) is 0.544. The Bertz CT molecular complexity index is 1010. The number of carbonyl (C=O) groups excluding carboxylic acids is 1. The van der Waals surface area contributed by atoms with Gasteiger partial charge in [0.25, 0.3) is 5.91 Å². The first kappa shape index (κ1) is 19.8. The van der Waals surface area contributed by atoms with Crippen molar-refractivity contribution in [3.05, 3.63) is 77.9 Å². The van der Waals surface area contributed by atoms with Gasteiger partial charge in [0.15, 0.2) is 0 Å². The van der Waals surface area contributed by atoms with Gasteiger partial charge in [-0.05, 0) is 36.6 Å². The fourth-order valence-electron chi connectivity index (χ4n) is 3.39. The van der Waals surface area contributed by atoms with Crippen LogP contribution in [0.1, 0.15) is 35.6 Å². The molecule has 0 atom stereocenters. The maximum atomic E-state index is 14.6. The molecule has 0 bridgehead atoms. The zero-order valence-electron chi connectivity index (χ0n) is 16.7. The van der Waals surface area contributed by atoms with Gasteiger partial charge in [0, 0.05) is 13.1 Å². The molecule has 146 valence electrons. The Morgan fingerprint density at radius 3 is 2.71 bits per heavy atom. The number of imidazole rings is 1. The van der Waals surface area contributed by atoms with E-state index < -0.39 is 5.82 Å². The van der Waals surface area contributed by atoms with Crippen LogP contribution in [0.5, 0.6) is 0 Å². The van der Waals surface area contributed by atoms with Crippen molar-refractivity contribution < 1.29 is 9.18 Å². The van der Waals surface area contributed by atoms with Crippen LogP contribution in [0.4, 0.5) is 4.39 Å². The number of carbonyl (C=O) groups is 1. The summed E-state index contributed by atoms with van der Waals surface area (Å²) in [6.45, 7) is 11.0. The van der Waals surface area contributed by atoms with Gasteiger partial charge in [0.1, 0.15) is 11.6 Å². The molecular weight excluding hydrogens is 353 g/mol. The predicted octanol–water partition coefficient (Wildman–Crippen LogP) is 4.97. The zero-order chi connectivity index (χ0) is 20.3. The Kier molecular flexibility index (Phi) is 5.93. The lowest BCUT2D eigenvalue weighted by atomic mass is 10.1. The van der Waals surface area contributed by atoms with E-state index in [4.69, 9.17) is 4.98 Å². The second kappa shape index (κ2) is 8.38. The van der Waals surface area contributed by atoms with Crippen LogP contribution in [0.3, 0.4) is 0 Å². The summed E-state index contributed by atoms with van der Waals surface area (Å²) >= 11 is 0. The predicted molar refractivity (Wildman–Crippen MR) is 111 cm³/mol. The number of rotatable bonds is 7. The van der Waals surface area contributed by atoms with E-state index in [9.17, 15) is 9.18 Å². The maximum absolute atomic E-state index is 14.6. The molecule has 3 aromatic rings. The van der Waals surface area contributed by atoms with Crippen LogP contribution >= 0.6 is 0 Å². The number of para-hydroxylation sites is 2. The van der Waals surface area contributed by atoms with Gasteiger partial charge in [-0.25, -0.2) is 9.37 Å². The van der Waals surface area contributed by atoms with Gasteiger partial charge < -0.3 is 9.47 Å². The highest BCUT2D eigenvalue weighted by Crippen LogP contribution is 2.20. The lowest BCUT2D eigenvalue weighted by Crippen LogP contribution is -2.35. The molecule has 3 rings (SSSR count). The molecule has 0 spiro atoms. The van der Waals surface area contributed by atoms with Crippen LogP contribution in [0.2, 0.25) is 0 Å². The molecule has 4 nitrogen and oxygen atoms in total. The van der Waals surface area contributed by atoms with Gasteiger partial charge in [0.05, 0.1) is 23.1 Å². The van der Waals surface area contributed by atoms with Crippen molar-refractivity contribution in [2.75, 3.05) is 6.54 Å². The van der Waals surface area contributed by atoms with Crippen molar-refractivity contribution in [3.8, 4) is 0 Å². The first-order valence-corrected chi connectivity index (χ1v) is 9.51. The molecule has 1 aromatic heterocycles. The second-order valence-electron chi connectivity index (χ2n) is 7.43. The first-order valence-electron chi connectivity index (χ1n) is 9.51. The maximum Gasteiger partial charge on any atom is 0.257 e. The largest absolute Gasteiger partial charge is 0.331 e. The van der Waals surface area contributed by atoms with Crippen molar-refractivity contribution in [2.45, 2.75) is 33.9 Å². The number of halogens is 1. The van der Waals surface area contributed by atoms with Crippen LogP contribution in [-0.4, -0.2) is 26.9 Å². The minimum absolute atomic E-state index is 0.104. The number of hydrogen-bond acceptors (Lipinski definition) is 2. The molecule has 0 radical (unpaired) electrons. The number of benzene rings is 2. The normalized spacial score (nSPS) is 11.2. The Morgan fingerprint density at radius 1 is 1.25 bits per heavy atom. The second-order valence-corrected chi connectivity index (χ2v) is 7.43. The molecule has 0 unspecified atom stereocenters. The summed E-state index contributed by atoms with van der Waals surface area (Å²) in [5, 5.41) is 0. The van der Waals surface area contributed by atoms with E-state index in [0.29, 0.717) is 25.2 Å². The Morgan fingerprint density at radius 2 is 2.00 bits per heavy atom. The summed E-state index contributed by atoms with van der Waals surface area (Å²) in [7, 11) is 0. The van der Waals surface area contributed by atoms with Gasteiger partial charge in [-0.3, -0.25) is 4.79 Å². The van der Waals surface area contributed by atoms with Crippen LogP contribution in [0.25, 0.3) is 11.0 Å². The summed E-state index contributed by atoms with van der Waals surface area (Å²) in [5.74, 6) is 0.241. The lowest BCUT2D eigenvalue weighted by molar-refractivity contribution is 0.0711. The number of amides is 1. The Hall–Kier alpha value is -2.95. The molecule has 0 fully saturated rings. The molecule has 2 aromatic carbocycles. The van der Waals surface area contributed by atoms with Crippen LogP contribution < -0.4 is 0 Å². The molecule has 0 saturated carbocycles. The van der Waals surface area contributed by atoms with Crippen molar-refractivity contribution in [1.29, 1.82) is 0 Å². The zero-order valence-corrected chi connectivity index (χ0v) is 16.7. The van der Waals surface area contributed by atoms with E-state index in [-0.39, 0.29) is 17.4 Å². The molecule has 0 N–H and O–H groups in total. The number of aryl methyl sites for hydroxylation is 1. The van der Waals surface area contributed by atoms with Crippen molar-refractivity contribution in [3.63, 3.8) is 0 Å². The van der Waals surface area contributed by atoms with Gasteiger partial charge >= 0.3 is 0 Å². The molecule has 0 saturated heterocycles. The van der Waals surface area contributed by atoms with Crippen molar-refractivity contribution in [2.24, 2.45) is 5.92 Å².